The minimum atomic E-state index is -0.457. The molecule has 5 heteroatoms. The molecule has 1 aliphatic carbocycles. The Bertz CT molecular complexity index is 525. The van der Waals surface area contributed by atoms with Gasteiger partial charge in [-0.25, -0.2) is 4.79 Å². The first-order valence-corrected chi connectivity index (χ1v) is 8.48. The summed E-state index contributed by atoms with van der Waals surface area (Å²) in [6.45, 7) is 8.32. The van der Waals surface area contributed by atoms with Crippen LogP contribution in [0.25, 0.3) is 0 Å². The second kappa shape index (κ2) is 7.66. The lowest BCUT2D eigenvalue weighted by molar-refractivity contribution is 0.0514. The lowest BCUT2D eigenvalue weighted by Gasteiger charge is -2.33. The smallest absolute Gasteiger partial charge is 0.407 e. The molecular weight excluding hydrogens is 290 g/mol. The van der Waals surface area contributed by atoms with Crippen molar-refractivity contribution in [3.05, 3.63) is 24.0 Å². The molecule has 1 aromatic rings. The molecule has 0 saturated heterocycles. The van der Waals surface area contributed by atoms with Crippen molar-refractivity contribution >= 4 is 11.8 Å². The summed E-state index contributed by atoms with van der Waals surface area (Å²) in [6.07, 6.45) is 8.05. The molecule has 1 fully saturated rings. The van der Waals surface area contributed by atoms with Crippen molar-refractivity contribution in [1.29, 1.82) is 0 Å². The summed E-state index contributed by atoms with van der Waals surface area (Å²) in [5.74, 6) is 0.414. The first kappa shape index (κ1) is 17.6. The number of amides is 1. The van der Waals surface area contributed by atoms with Gasteiger partial charge in [0.25, 0.3) is 0 Å². The Morgan fingerprint density at radius 1 is 1.30 bits per heavy atom. The summed E-state index contributed by atoms with van der Waals surface area (Å²) in [6, 6.07) is 2.47. The quantitative estimate of drug-likeness (QED) is 0.884. The Morgan fingerprint density at radius 2 is 2.04 bits per heavy atom. The maximum Gasteiger partial charge on any atom is 0.407 e. The topological polar surface area (TPSA) is 63.2 Å². The van der Waals surface area contributed by atoms with Gasteiger partial charge < -0.3 is 15.4 Å². The molecule has 1 saturated carbocycles. The van der Waals surface area contributed by atoms with E-state index in [0.29, 0.717) is 18.5 Å². The van der Waals surface area contributed by atoms with Crippen molar-refractivity contribution in [2.45, 2.75) is 65.0 Å². The number of hydrogen-bond donors (Lipinski definition) is 2. The number of carbonyl (C=O) groups excluding carboxylic acids is 1. The highest BCUT2D eigenvalue weighted by Gasteiger charge is 2.26. The maximum atomic E-state index is 11.8. The zero-order valence-corrected chi connectivity index (χ0v) is 14.7. The zero-order valence-electron chi connectivity index (χ0n) is 14.7. The van der Waals surface area contributed by atoms with Crippen molar-refractivity contribution in [1.82, 2.24) is 10.3 Å². The van der Waals surface area contributed by atoms with Crippen LogP contribution in [0.5, 0.6) is 0 Å². The molecule has 1 amide bonds. The largest absolute Gasteiger partial charge is 0.444 e. The third-order valence-electron chi connectivity index (χ3n) is 4.04. The lowest BCUT2D eigenvalue weighted by atomic mass is 9.84. The van der Waals surface area contributed by atoms with Crippen molar-refractivity contribution < 1.29 is 9.53 Å². The molecule has 0 bridgehead atoms. The molecule has 0 spiro atoms. The Morgan fingerprint density at radius 3 is 2.74 bits per heavy atom. The monoisotopic (exact) mass is 319 g/mol. The molecule has 5 nitrogen and oxygen atoms in total. The van der Waals surface area contributed by atoms with E-state index in [0.717, 1.165) is 24.1 Å². The highest BCUT2D eigenvalue weighted by molar-refractivity contribution is 5.67. The van der Waals surface area contributed by atoms with Crippen LogP contribution in [0.1, 0.15) is 52.0 Å². The Labute approximate surface area is 139 Å². The van der Waals surface area contributed by atoms with E-state index < -0.39 is 5.60 Å². The molecular formula is C18H29N3O2. The molecule has 0 aliphatic heterocycles. The number of aryl methyl sites for hydroxylation is 1. The summed E-state index contributed by atoms with van der Waals surface area (Å²) < 4.78 is 5.32. The molecule has 2 N–H and O–H groups in total. The van der Waals surface area contributed by atoms with Crippen LogP contribution in [-0.4, -0.2) is 29.3 Å². The van der Waals surface area contributed by atoms with Gasteiger partial charge >= 0.3 is 6.09 Å². The number of pyridine rings is 1. The van der Waals surface area contributed by atoms with Crippen LogP contribution >= 0.6 is 0 Å². The van der Waals surface area contributed by atoms with Gasteiger partial charge in [0.05, 0.1) is 5.69 Å². The number of nitrogens with one attached hydrogen (secondary N) is 2. The van der Waals surface area contributed by atoms with Crippen molar-refractivity contribution in [3.63, 3.8) is 0 Å². The third-order valence-corrected chi connectivity index (χ3v) is 4.04. The normalized spacial score (nSPS) is 21.6. The Hall–Kier alpha value is -1.78. The molecule has 0 radical (unpaired) electrons. The number of alkyl carbamates (subject to hydrolysis) is 1. The molecule has 23 heavy (non-hydrogen) atoms. The van der Waals surface area contributed by atoms with E-state index in [9.17, 15) is 4.79 Å². The lowest BCUT2D eigenvalue weighted by Crippen LogP contribution is -2.42. The number of anilines is 1. The fourth-order valence-electron chi connectivity index (χ4n) is 3.02. The van der Waals surface area contributed by atoms with Gasteiger partial charge in [-0.2, -0.15) is 0 Å². The summed E-state index contributed by atoms with van der Waals surface area (Å²) in [4.78, 5) is 16.1. The van der Waals surface area contributed by atoms with Gasteiger partial charge in [-0.3, -0.25) is 4.98 Å². The number of carbonyl (C=O) groups is 1. The van der Waals surface area contributed by atoms with E-state index in [1.807, 2.05) is 40.1 Å². The SMILES string of the molecule is Cc1cncc(NC2CCCCC2CNC(=O)OC(C)(C)C)c1. The Balaban J connectivity index is 1.89. The number of ether oxygens (including phenoxy) is 1. The van der Waals surface area contributed by atoms with Gasteiger partial charge in [-0.1, -0.05) is 12.8 Å². The van der Waals surface area contributed by atoms with Crippen LogP contribution in [0.2, 0.25) is 0 Å². The molecule has 128 valence electrons. The van der Waals surface area contributed by atoms with Gasteiger partial charge in [-0.15, -0.1) is 0 Å². The third kappa shape index (κ3) is 6.08. The summed E-state index contributed by atoms with van der Waals surface area (Å²) in [7, 11) is 0. The predicted octanol–water partition coefficient (Wildman–Crippen LogP) is 3.89. The summed E-state index contributed by atoms with van der Waals surface area (Å²) in [5, 5.41) is 6.51. The standard InChI is InChI=1S/C18H29N3O2/c1-13-9-15(12-19-10-13)21-16-8-6-5-7-14(16)11-20-17(22)23-18(2,3)4/h9-10,12,14,16,21H,5-8,11H2,1-4H3,(H,20,22). The van der Waals surface area contributed by atoms with Crippen molar-refractivity contribution in [2.24, 2.45) is 5.92 Å². The Kier molecular flexibility index (Phi) is 5.85. The van der Waals surface area contributed by atoms with Gasteiger partial charge in [0.1, 0.15) is 5.60 Å². The highest BCUT2D eigenvalue weighted by atomic mass is 16.6. The predicted molar refractivity (Wildman–Crippen MR) is 92.6 cm³/mol. The second-order valence-corrected chi connectivity index (χ2v) is 7.43. The summed E-state index contributed by atoms with van der Waals surface area (Å²) in [5.41, 5.74) is 1.75. The second-order valence-electron chi connectivity index (χ2n) is 7.43. The minimum absolute atomic E-state index is 0.334. The number of aromatic nitrogens is 1. The molecule has 2 unspecified atom stereocenters. The molecule has 1 heterocycles. The number of nitrogens with zero attached hydrogens (tertiary/aromatic N) is 1. The zero-order chi connectivity index (χ0) is 16.9. The average Bonchev–Trinajstić information content (AvgIpc) is 2.44. The van der Waals surface area contributed by atoms with Gasteiger partial charge in [0.2, 0.25) is 0 Å². The molecule has 1 aliphatic rings. The first-order valence-electron chi connectivity index (χ1n) is 8.48. The number of hydrogen-bond acceptors (Lipinski definition) is 4. The van der Waals surface area contributed by atoms with Gasteiger partial charge in [0, 0.05) is 25.0 Å². The summed E-state index contributed by atoms with van der Waals surface area (Å²) >= 11 is 0. The van der Waals surface area contributed by atoms with Crippen LogP contribution < -0.4 is 10.6 Å². The molecule has 2 rings (SSSR count). The highest BCUT2D eigenvalue weighted by Crippen LogP contribution is 2.27. The number of rotatable bonds is 4. The maximum absolute atomic E-state index is 11.8. The van der Waals surface area contributed by atoms with E-state index in [4.69, 9.17) is 4.74 Å². The van der Waals surface area contributed by atoms with Crippen LogP contribution in [0.15, 0.2) is 18.5 Å². The van der Waals surface area contributed by atoms with E-state index in [1.165, 1.54) is 12.8 Å². The van der Waals surface area contributed by atoms with E-state index in [1.54, 1.807) is 0 Å². The first-order chi connectivity index (χ1) is 10.8. The molecule has 2 atom stereocenters. The minimum Gasteiger partial charge on any atom is -0.444 e. The van der Waals surface area contributed by atoms with E-state index in [-0.39, 0.29) is 6.09 Å². The van der Waals surface area contributed by atoms with Crippen LogP contribution in [0, 0.1) is 12.8 Å². The van der Waals surface area contributed by atoms with Gasteiger partial charge in [0.15, 0.2) is 0 Å². The molecule has 0 aromatic carbocycles. The van der Waals surface area contributed by atoms with E-state index in [2.05, 4.69) is 21.7 Å². The fourth-order valence-corrected chi connectivity index (χ4v) is 3.02. The van der Waals surface area contributed by atoms with E-state index >= 15 is 0 Å². The van der Waals surface area contributed by atoms with Crippen molar-refractivity contribution in [3.8, 4) is 0 Å². The van der Waals surface area contributed by atoms with Crippen LogP contribution in [0.3, 0.4) is 0 Å². The van der Waals surface area contributed by atoms with Crippen LogP contribution in [0.4, 0.5) is 10.5 Å². The average molecular weight is 319 g/mol. The van der Waals surface area contributed by atoms with Crippen molar-refractivity contribution in [2.75, 3.05) is 11.9 Å². The fraction of sp³-hybridized carbons (Fsp3) is 0.667. The molecule has 1 aromatic heterocycles. The van der Waals surface area contributed by atoms with Crippen LogP contribution in [-0.2, 0) is 4.74 Å². The van der Waals surface area contributed by atoms with Gasteiger partial charge in [-0.05, 0) is 58.1 Å².